The third-order valence-electron chi connectivity index (χ3n) is 3.44. The molecule has 0 aliphatic heterocycles. The number of methoxy groups -OCH3 is 1. The Labute approximate surface area is 144 Å². The minimum Gasteiger partial charge on any atom is -0.495 e. The van der Waals surface area contributed by atoms with Gasteiger partial charge in [0.05, 0.1) is 12.8 Å². The molecule has 2 rings (SSSR count). The SMILES string of the molecule is COc1cccc(CN(CC(=O)O)C(=O)c2ccc(Cl)cc2)c1N. The second-order valence-electron chi connectivity index (χ2n) is 5.09. The standard InChI is InChI=1S/C17H17ClN2O4/c1-24-14-4-2-3-12(16(14)19)9-20(10-15(21)22)17(23)11-5-7-13(18)8-6-11/h2-8H,9-10,19H2,1H3,(H,21,22). The van der Waals surface area contributed by atoms with Crippen LogP contribution >= 0.6 is 11.6 Å². The van der Waals surface area contributed by atoms with Crippen molar-refractivity contribution in [3.63, 3.8) is 0 Å². The van der Waals surface area contributed by atoms with Gasteiger partial charge in [-0.2, -0.15) is 0 Å². The normalized spacial score (nSPS) is 10.2. The molecule has 0 saturated carbocycles. The van der Waals surface area contributed by atoms with Crippen LogP contribution in [0.2, 0.25) is 5.02 Å². The first-order chi connectivity index (χ1) is 11.4. The minimum absolute atomic E-state index is 0.0524. The van der Waals surface area contributed by atoms with Gasteiger partial charge in [0.25, 0.3) is 5.91 Å². The number of amides is 1. The van der Waals surface area contributed by atoms with Gasteiger partial charge in [-0.25, -0.2) is 0 Å². The number of nitrogens with zero attached hydrogens (tertiary/aromatic N) is 1. The third-order valence-corrected chi connectivity index (χ3v) is 3.69. The van der Waals surface area contributed by atoms with E-state index >= 15 is 0 Å². The molecule has 6 nitrogen and oxygen atoms in total. The zero-order chi connectivity index (χ0) is 17.7. The van der Waals surface area contributed by atoms with E-state index in [0.717, 1.165) is 0 Å². The second kappa shape index (κ2) is 7.70. The van der Waals surface area contributed by atoms with Gasteiger partial charge in [-0.1, -0.05) is 23.7 Å². The summed E-state index contributed by atoms with van der Waals surface area (Å²) in [6, 6.07) is 11.4. The molecule has 24 heavy (non-hydrogen) atoms. The lowest BCUT2D eigenvalue weighted by molar-refractivity contribution is -0.137. The van der Waals surface area contributed by atoms with E-state index in [0.29, 0.717) is 27.6 Å². The number of hydrogen-bond acceptors (Lipinski definition) is 4. The maximum absolute atomic E-state index is 12.6. The Morgan fingerprint density at radius 3 is 2.46 bits per heavy atom. The summed E-state index contributed by atoms with van der Waals surface area (Å²) in [5.41, 5.74) is 7.34. The Kier molecular flexibility index (Phi) is 5.65. The fraction of sp³-hybridized carbons (Fsp3) is 0.176. The Bertz CT molecular complexity index is 747. The molecule has 0 bridgehead atoms. The molecule has 3 N–H and O–H groups in total. The first-order valence-corrected chi connectivity index (χ1v) is 7.48. The van der Waals surface area contributed by atoms with Crippen molar-refractivity contribution in [3.05, 3.63) is 58.6 Å². The molecule has 7 heteroatoms. The number of carboxylic acid groups (broad SMARTS) is 1. The van der Waals surface area contributed by atoms with Crippen LogP contribution in [0.1, 0.15) is 15.9 Å². The summed E-state index contributed by atoms with van der Waals surface area (Å²) >= 11 is 5.81. The van der Waals surface area contributed by atoms with Gasteiger partial charge in [0.1, 0.15) is 12.3 Å². The molecule has 0 aromatic heterocycles. The average Bonchev–Trinajstić information content (AvgIpc) is 2.55. The summed E-state index contributed by atoms with van der Waals surface area (Å²) < 4.78 is 5.15. The predicted molar refractivity (Wildman–Crippen MR) is 91.2 cm³/mol. The van der Waals surface area contributed by atoms with Gasteiger partial charge in [0.2, 0.25) is 0 Å². The number of hydrogen-bond donors (Lipinski definition) is 2. The van der Waals surface area contributed by atoms with Crippen LogP contribution in [0.15, 0.2) is 42.5 Å². The number of rotatable bonds is 6. The van der Waals surface area contributed by atoms with E-state index in [4.69, 9.17) is 27.2 Å². The van der Waals surface area contributed by atoms with Crippen LogP contribution in [0, 0.1) is 0 Å². The highest BCUT2D eigenvalue weighted by Crippen LogP contribution is 2.26. The monoisotopic (exact) mass is 348 g/mol. The van der Waals surface area contributed by atoms with Crippen LogP contribution in [0.4, 0.5) is 5.69 Å². The fourth-order valence-corrected chi connectivity index (χ4v) is 2.37. The summed E-state index contributed by atoms with van der Waals surface area (Å²) in [5, 5.41) is 9.59. The number of para-hydroxylation sites is 1. The van der Waals surface area contributed by atoms with Crippen molar-refractivity contribution < 1.29 is 19.4 Å². The summed E-state index contributed by atoms with van der Waals surface area (Å²) in [7, 11) is 1.49. The van der Waals surface area contributed by atoms with Crippen molar-refractivity contribution in [2.24, 2.45) is 0 Å². The number of halogens is 1. The molecule has 0 aliphatic carbocycles. The van der Waals surface area contributed by atoms with Crippen LogP contribution in [0.25, 0.3) is 0 Å². The number of carbonyl (C=O) groups is 2. The maximum Gasteiger partial charge on any atom is 0.323 e. The Morgan fingerprint density at radius 2 is 1.88 bits per heavy atom. The molecule has 2 aromatic carbocycles. The molecule has 0 heterocycles. The van der Waals surface area contributed by atoms with Gasteiger partial charge in [-0.05, 0) is 35.9 Å². The average molecular weight is 349 g/mol. The quantitative estimate of drug-likeness (QED) is 0.783. The molecule has 0 fully saturated rings. The van der Waals surface area contributed by atoms with E-state index in [2.05, 4.69) is 0 Å². The van der Waals surface area contributed by atoms with Gasteiger partial charge in [-0.15, -0.1) is 0 Å². The zero-order valence-corrected chi connectivity index (χ0v) is 13.8. The minimum atomic E-state index is -1.11. The van der Waals surface area contributed by atoms with Crippen molar-refractivity contribution in [1.29, 1.82) is 0 Å². The smallest absolute Gasteiger partial charge is 0.323 e. The lowest BCUT2D eigenvalue weighted by Gasteiger charge is -2.22. The summed E-state index contributed by atoms with van der Waals surface area (Å²) in [6.45, 7) is -0.394. The topological polar surface area (TPSA) is 92.9 Å². The predicted octanol–water partition coefficient (Wildman–Crippen LogP) is 2.66. The Morgan fingerprint density at radius 1 is 1.21 bits per heavy atom. The first-order valence-electron chi connectivity index (χ1n) is 7.10. The lowest BCUT2D eigenvalue weighted by atomic mass is 10.1. The summed E-state index contributed by atoms with van der Waals surface area (Å²) in [4.78, 5) is 24.9. The van der Waals surface area contributed by atoms with Crippen LogP contribution in [-0.2, 0) is 11.3 Å². The first kappa shape index (κ1) is 17.6. The molecule has 0 unspecified atom stereocenters. The summed E-state index contributed by atoms with van der Waals surface area (Å²) in [5.74, 6) is -1.06. The largest absolute Gasteiger partial charge is 0.495 e. The molecular weight excluding hydrogens is 332 g/mol. The summed E-state index contributed by atoms with van der Waals surface area (Å²) in [6.07, 6.45) is 0. The third kappa shape index (κ3) is 4.17. The highest BCUT2D eigenvalue weighted by atomic mass is 35.5. The molecule has 0 atom stereocenters. The van der Waals surface area contributed by atoms with E-state index in [-0.39, 0.29) is 6.54 Å². The molecule has 126 valence electrons. The molecule has 0 spiro atoms. The van der Waals surface area contributed by atoms with Gasteiger partial charge in [0, 0.05) is 17.1 Å². The van der Waals surface area contributed by atoms with Crippen LogP contribution in [-0.4, -0.2) is 35.5 Å². The van der Waals surface area contributed by atoms with Crippen molar-refractivity contribution in [2.75, 3.05) is 19.4 Å². The van der Waals surface area contributed by atoms with Crippen molar-refractivity contribution in [2.45, 2.75) is 6.54 Å². The van der Waals surface area contributed by atoms with Crippen molar-refractivity contribution >= 4 is 29.2 Å². The molecular formula is C17H17ClN2O4. The maximum atomic E-state index is 12.6. The van der Waals surface area contributed by atoms with Crippen molar-refractivity contribution in [3.8, 4) is 5.75 Å². The number of nitrogens with two attached hydrogens (primary N) is 1. The highest BCUT2D eigenvalue weighted by Gasteiger charge is 2.20. The number of benzene rings is 2. The Balaban J connectivity index is 2.30. The Hall–Kier alpha value is -2.73. The van der Waals surface area contributed by atoms with Crippen molar-refractivity contribution in [1.82, 2.24) is 4.90 Å². The van der Waals surface area contributed by atoms with Crippen LogP contribution in [0.5, 0.6) is 5.75 Å². The molecule has 2 aromatic rings. The molecule has 0 aliphatic rings. The molecule has 0 saturated heterocycles. The number of ether oxygens (including phenoxy) is 1. The molecule has 1 amide bonds. The molecule has 0 radical (unpaired) electrons. The van der Waals surface area contributed by atoms with E-state index in [1.165, 1.54) is 12.0 Å². The van der Waals surface area contributed by atoms with Gasteiger partial charge >= 0.3 is 5.97 Å². The highest BCUT2D eigenvalue weighted by molar-refractivity contribution is 6.30. The zero-order valence-electron chi connectivity index (χ0n) is 13.0. The van der Waals surface area contributed by atoms with E-state index in [1.54, 1.807) is 42.5 Å². The van der Waals surface area contributed by atoms with Gasteiger partial charge in [0.15, 0.2) is 0 Å². The van der Waals surface area contributed by atoms with Crippen LogP contribution < -0.4 is 10.5 Å². The van der Waals surface area contributed by atoms with E-state index < -0.39 is 18.4 Å². The lowest BCUT2D eigenvalue weighted by Crippen LogP contribution is -2.35. The number of aliphatic carboxylic acids is 1. The number of carbonyl (C=O) groups excluding carboxylic acids is 1. The fourth-order valence-electron chi connectivity index (χ4n) is 2.25. The van der Waals surface area contributed by atoms with E-state index in [1.807, 2.05) is 0 Å². The number of nitrogen functional groups attached to an aromatic ring is 1. The number of anilines is 1. The second-order valence-corrected chi connectivity index (χ2v) is 5.53. The van der Waals surface area contributed by atoms with Gasteiger partial charge in [-0.3, -0.25) is 9.59 Å². The van der Waals surface area contributed by atoms with Crippen LogP contribution in [0.3, 0.4) is 0 Å². The number of carboxylic acids is 1. The van der Waals surface area contributed by atoms with Gasteiger partial charge < -0.3 is 20.5 Å². The van der Waals surface area contributed by atoms with E-state index in [9.17, 15) is 9.59 Å².